The van der Waals surface area contributed by atoms with E-state index in [1.54, 1.807) is 0 Å². The Balaban J connectivity index is 1.79. The fourth-order valence-corrected chi connectivity index (χ4v) is 5.88. The van der Waals surface area contributed by atoms with Gasteiger partial charge in [-0.2, -0.15) is 0 Å². The summed E-state index contributed by atoms with van der Waals surface area (Å²) in [4.78, 5) is 16.7. The second-order valence-corrected chi connectivity index (χ2v) is 10.7. The van der Waals surface area contributed by atoms with Crippen LogP contribution in [0.5, 0.6) is 0 Å². The number of hydrogen-bond acceptors (Lipinski definition) is 4. The first kappa shape index (κ1) is 25.4. The first-order valence-corrected chi connectivity index (χ1v) is 13.0. The maximum atomic E-state index is 5.87. The average Bonchev–Trinajstić information content (AvgIpc) is 3.24. The predicted molar refractivity (Wildman–Crippen MR) is 169 cm³/mol. The average molecular weight is 444 g/mol. The zero-order valence-corrected chi connectivity index (χ0v) is 22.6. The molecule has 13 heteroatoms. The van der Waals surface area contributed by atoms with Crippen molar-refractivity contribution >= 4 is 112 Å². The minimum Gasteiger partial charge on any atom is -0.341 e. The number of hydrogen-bond donors (Lipinski definition) is 2. The quantitative estimate of drug-likeness (QED) is 0.281. The van der Waals surface area contributed by atoms with Crippen molar-refractivity contribution in [1.82, 2.24) is 19.9 Å². The van der Waals surface area contributed by atoms with Crippen LogP contribution >= 0.6 is 0 Å². The van der Waals surface area contributed by atoms with Gasteiger partial charge in [0.2, 0.25) is 0 Å². The minimum absolute atomic E-state index is 0.111. The Kier molecular flexibility index (Phi) is 7.26. The molecule has 2 aromatic heterocycles. The zero-order chi connectivity index (χ0) is 24.8. The van der Waals surface area contributed by atoms with E-state index in [1.165, 1.54) is 56.0 Å². The first-order valence-electron chi connectivity index (χ1n) is 13.0. The highest BCUT2D eigenvalue weighted by molar-refractivity contribution is 6.66. The number of nitrogens with two attached hydrogens (primary N) is 1. The van der Waals surface area contributed by atoms with Gasteiger partial charge in [0.05, 0.1) is 23.3 Å². The van der Waals surface area contributed by atoms with Crippen molar-refractivity contribution in [1.29, 1.82) is 0 Å². The normalized spacial score (nSPS) is 17.9. The molecule has 1 aromatic carbocycles. The topological polar surface area (TPSA) is 70.8 Å². The van der Waals surface area contributed by atoms with E-state index in [9.17, 15) is 0 Å². The van der Waals surface area contributed by atoms with Gasteiger partial charge in [-0.25, -0.2) is 4.98 Å². The number of aromatic amines is 1. The van der Waals surface area contributed by atoms with Crippen molar-refractivity contribution in [3.8, 4) is 0 Å². The van der Waals surface area contributed by atoms with Gasteiger partial charge in [0.25, 0.3) is 0 Å². The van der Waals surface area contributed by atoms with Crippen molar-refractivity contribution in [3.05, 3.63) is 17.1 Å². The SMILES string of the molecule is Bc1nc2c(c(B)c1B)CCC[C@]2(B)N(CCCCN)Cc1nc2c(B)c(B)c(B)c(B)c2[nH]1. The Morgan fingerprint density at radius 2 is 1.59 bits per heavy atom. The Bertz CT molecular complexity index is 1200. The van der Waals surface area contributed by atoms with Crippen LogP contribution in [-0.2, 0) is 18.4 Å². The standard InChI is InChI=1S/C21H35B8N5/c22-11-9-4-3-5-21(29,19(9)33-20(28)16(11)27)34(7-2-1-6-30)8-10-31-17-14(25)12(23)13(24)15(26)18(17)32-10/h1-8,22-30H2,(H,31,32)/t21-/m0/s1. The van der Waals surface area contributed by atoms with Crippen molar-refractivity contribution in [2.75, 3.05) is 13.1 Å². The molecule has 0 spiro atoms. The van der Waals surface area contributed by atoms with Crippen LogP contribution < -0.4 is 44.1 Å². The lowest BCUT2D eigenvalue weighted by molar-refractivity contribution is 0.123. The molecule has 0 saturated heterocycles. The largest absolute Gasteiger partial charge is 0.341 e. The number of H-pyrrole nitrogens is 1. The summed E-state index contributed by atoms with van der Waals surface area (Å²) in [6, 6.07) is 0. The van der Waals surface area contributed by atoms with Gasteiger partial charge in [-0.15, -0.1) is 0 Å². The lowest BCUT2D eigenvalue weighted by Gasteiger charge is -2.45. The molecule has 1 aliphatic carbocycles. The summed E-state index contributed by atoms with van der Waals surface area (Å²) in [6.45, 7) is 2.52. The second-order valence-electron chi connectivity index (χ2n) is 10.7. The number of nitrogens with zero attached hydrogens (tertiary/aromatic N) is 3. The molecule has 4 rings (SSSR count). The van der Waals surface area contributed by atoms with Crippen molar-refractivity contribution in [3.63, 3.8) is 0 Å². The van der Waals surface area contributed by atoms with E-state index in [-0.39, 0.29) is 5.44 Å². The van der Waals surface area contributed by atoms with E-state index in [0.29, 0.717) is 0 Å². The summed E-state index contributed by atoms with van der Waals surface area (Å²) < 4.78 is 0. The first-order chi connectivity index (χ1) is 16.1. The molecular formula is C21H35B8N5. The van der Waals surface area contributed by atoms with Gasteiger partial charge in [-0.3, -0.25) is 9.88 Å². The summed E-state index contributed by atoms with van der Waals surface area (Å²) >= 11 is 0. The third-order valence-electron chi connectivity index (χ3n) is 8.82. The van der Waals surface area contributed by atoms with Crippen LogP contribution in [0.25, 0.3) is 11.0 Å². The molecule has 0 aliphatic heterocycles. The van der Waals surface area contributed by atoms with Crippen molar-refractivity contribution < 1.29 is 0 Å². The van der Waals surface area contributed by atoms with Gasteiger partial charge in [0.1, 0.15) is 60.7 Å². The van der Waals surface area contributed by atoms with Gasteiger partial charge in [-0.05, 0) is 56.4 Å². The molecule has 2 heterocycles. The molecule has 1 atom stereocenters. The Morgan fingerprint density at radius 1 is 0.882 bits per heavy atom. The molecule has 0 bridgehead atoms. The van der Waals surface area contributed by atoms with Crippen LogP contribution in [0.2, 0.25) is 0 Å². The molecule has 5 nitrogen and oxygen atoms in total. The third-order valence-corrected chi connectivity index (χ3v) is 8.82. The van der Waals surface area contributed by atoms with E-state index in [0.717, 1.165) is 62.3 Å². The van der Waals surface area contributed by atoms with Crippen LogP contribution in [0, 0.1) is 0 Å². The Hall–Kier alpha value is -1.72. The number of benzene rings is 1. The number of pyridine rings is 1. The maximum Gasteiger partial charge on any atom is 0.163 e. The van der Waals surface area contributed by atoms with Crippen LogP contribution in [0.3, 0.4) is 0 Å². The number of imidazole rings is 1. The number of fused-ring (bicyclic) bond motifs is 2. The molecule has 1 aliphatic rings. The molecule has 168 valence electrons. The Morgan fingerprint density at radius 3 is 2.29 bits per heavy atom. The zero-order valence-electron chi connectivity index (χ0n) is 22.6. The highest BCUT2D eigenvalue weighted by atomic mass is 15.2. The number of aromatic nitrogens is 3. The molecule has 0 amide bonds. The molecule has 0 fully saturated rings. The fraction of sp³-hybridized carbons (Fsp3) is 0.429. The van der Waals surface area contributed by atoms with Crippen molar-refractivity contribution in [2.24, 2.45) is 5.73 Å². The monoisotopic (exact) mass is 445 g/mol. The minimum atomic E-state index is -0.111. The molecule has 3 aromatic rings. The van der Waals surface area contributed by atoms with Gasteiger partial charge < -0.3 is 10.7 Å². The number of unbranched alkanes of at least 4 members (excludes halogenated alkanes) is 1. The van der Waals surface area contributed by atoms with Crippen LogP contribution in [-0.4, -0.2) is 95.7 Å². The molecule has 0 saturated carbocycles. The summed E-state index contributed by atoms with van der Waals surface area (Å²) in [5.74, 6) is 1.05. The maximum absolute atomic E-state index is 5.87. The van der Waals surface area contributed by atoms with E-state index < -0.39 is 0 Å². The van der Waals surface area contributed by atoms with E-state index in [1.807, 2.05) is 0 Å². The van der Waals surface area contributed by atoms with E-state index in [2.05, 4.69) is 72.7 Å². The third kappa shape index (κ3) is 4.24. The van der Waals surface area contributed by atoms with Crippen LogP contribution in [0.15, 0.2) is 0 Å². The summed E-state index contributed by atoms with van der Waals surface area (Å²) in [5, 5.41) is 0. The lowest BCUT2D eigenvalue weighted by atomic mass is 9.61. The molecule has 0 unspecified atom stereocenters. The molecular weight excluding hydrogens is 409 g/mol. The van der Waals surface area contributed by atoms with Crippen LogP contribution in [0.1, 0.15) is 42.8 Å². The van der Waals surface area contributed by atoms with Gasteiger partial charge in [0, 0.05) is 5.44 Å². The molecule has 34 heavy (non-hydrogen) atoms. The highest BCUT2D eigenvalue weighted by Gasteiger charge is 2.39. The molecule has 3 N–H and O–H groups in total. The summed E-state index contributed by atoms with van der Waals surface area (Å²) in [7, 11) is 17.9. The van der Waals surface area contributed by atoms with Gasteiger partial charge in [0.15, 0.2) is 7.85 Å². The van der Waals surface area contributed by atoms with Crippen molar-refractivity contribution in [2.45, 2.75) is 44.1 Å². The predicted octanol–water partition coefficient (Wildman–Crippen LogP) is -9.87. The van der Waals surface area contributed by atoms with Crippen LogP contribution in [0.4, 0.5) is 0 Å². The van der Waals surface area contributed by atoms with E-state index in [4.69, 9.17) is 15.7 Å². The molecule has 0 radical (unpaired) electrons. The van der Waals surface area contributed by atoms with Gasteiger partial charge >= 0.3 is 0 Å². The van der Waals surface area contributed by atoms with Gasteiger partial charge in [-0.1, -0.05) is 32.8 Å². The lowest BCUT2D eigenvalue weighted by Crippen LogP contribution is -2.54. The summed E-state index contributed by atoms with van der Waals surface area (Å²) in [5.41, 5.74) is 20.0. The number of nitrogens with one attached hydrogen (secondary N) is 1. The highest BCUT2D eigenvalue weighted by Crippen LogP contribution is 2.36. The summed E-state index contributed by atoms with van der Waals surface area (Å²) in [6.07, 6.45) is 5.56. The second kappa shape index (κ2) is 9.73. The Labute approximate surface area is 211 Å². The number of rotatable bonds is 7. The smallest absolute Gasteiger partial charge is 0.163 e. The van der Waals surface area contributed by atoms with E-state index >= 15 is 0 Å². The fourth-order valence-electron chi connectivity index (χ4n) is 5.88.